The molecule has 0 spiro atoms. The summed E-state index contributed by atoms with van der Waals surface area (Å²) >= 11 is 0. The van der Waals surface area contributed by atoms with Crippen molar-refractivity contribution in [2.45, 2.75) is 12.5 Å². The Hall–Kier alpha value is -2.39. The van der Waals surface area contributed by atoms with Crippen molar-refractivity contribution in [1.29, 1.82) is 0 Å². The lowest BCUT2D eigenvalue weighted by atomic mass is 10.0. The minimum atomic E-state index is 0.0740. The van der Waals surface area contributed by atoms with E-state index in [1.165, 1.54) is 5.56 Å². The second kappa shape index (κ2) is 6.86. The summed E-state index contributed by atoms with van der Waals surface area (Å²) in [6, 6.07) is 20.3. The molecule has 1 N–H and O–H groups in total. The molecule has 0 saturated carbocycles. The number of furan rings is 1. The van der Waals surface area contributed by atoms with E-state index in [1.807, 2.05) is 54.7 Å². The first-order valence-corrected chi connectivity index (χ1v) is 7.15. The molecule has 2 aromatic heterocycles. The summed E-state index contributed by atoms with van der Waals surface area (Å²) in [6.45, 7) is 0.845. The van der Waals surface area contributed by atoms with E-state index in [2.05, 4.69) is 22.4 Å². The zero-order chi connectivity index (χ0) is 14.3. The number of hydrogen-bond acceptors (Lipinski definition) is 3. The van der Waals surface area contributed by atoms with Crippen LogP contribution in [0.15, 0.2) is 77.5 Å². The first kappa shape index (κ1) is 13.6. The SMILES string of the molecule is c1ccc(C(NCCc2ccccn2)c2ccco2)cc1. The van der Waals surface area contributed by atoms with Crippen molar-refractivity contribution < 1.29 is 4.42 Å². The van der Waals surface area contributed by atoms with Crippen LogP contribution in [-0.4, -0.2) is 11.5 Å². The highest BCUT2D eigenvalue weighted by atomic mass is 16.3. The zero-order valence-corrected chi connectivity index (χ0v) is 11.8. The average Bonchev–Trinajstić information content (AvgIpc) is 3.07. The second-order valence-corrected chi connectivity index (χ2v) is 4.88. The van der Waals surface area contributed by atoms with Gasteiger partial charge in [-0.15, -0.1) is 0 Å². The molecule has 0 amide bonds. The summed E-state index contributed by atoms with van der Waals surface area (Å²) < 4.78 is 5.57. The largest absolute Gasteiger partial charge is 0.467 e. The molecule has 0 aliphatic carbocycles. The molecule has 21 heavy (non-hydrogen) atoms. The molecule has 3 heteroatoms. The molecule has 1 atom stereocenters. The first-order valence-electron chi connectivity index (χ1n) is 7.15. The van der Waals surface area contributed by atoms with E-state index in [0.29, 0.717) is 0 Å². The smallest absolute Gasteiger partial charge is 0.125 e. The van der Waals surface area contributed by atoms with E-state index in [-0.39, 0.29) is 6.04 Å². The number of hydrogen-bond donors (Lipinski definition) is 1. The Labute approximate surface area is 124 Å². The van der Waals surface area contributed by atoms with Gasteiger partial charge in [0.15, 0.2) is 0 Å². The van der Waals surface area contributed by atoms with Gasteiger partial charge in [0, 0.05) is 24.9 Å². The Morgan fingerprint density at radius 1 is 0.952 bits per heavy atom. The van der Waals surface area contributed by atoms with Crippen LogP contribution in [0.5, 0.6) is 0 Å². The van der Waals surface area contributed by atoms with Gasteiger partial charge in [-0.05, 0) is 29.8 Å². The number of nitrogens with one attached hydrogen (secondary N) is 1. The van der Waals surface area contributed by atoms with E-state index in [4.69, 9.17) is 4.42 Å². The van der Waals surface area contributed by atoms with Crippen molar-refractivity contribution in [2.24, 2.45) is 0 Å². The number of benzene rings is 1. The van der Waals surface area contributed by atoms with Crippen LogP contribution >= 0.6 is 0 Å². The molecular formula is C18H18N2O. The third-order valence-corrected chi connectivity index (χ3v) is 3.42. The van der Waals surface area contributed by atoms with Crippen LogP contribution in [0.4, 0.5) is 0 Å². The Bertz CT molecular complexity index is 636. The fourth-order valence-electron chi connectivity index (χ4n) is 2.37. The van der Waals surface area contributed by atoms with Crippen molar-refractivity contribution in [1.82, 2.24) is 10.3 Å². The van der Waals surface area contributed by atoms with Gasteiger partial charge in [0.25, 0.3) is 0 Å². The molecule has 106 valence electrons. The minimum absolute atomic E-state index is 0.0740. The maximum atomic E-state index is 5.57. The highest BCUT2D eigenvalue weighted by Crippen LogP contribution is 2.22. The summed E-state index contributed by atoms with van der Waals surface area (Å²) in [6.07, 6.45) is 4.44. The van der Waals surface area contributed by atoms with Crippen molar-refractivity contribution in [3.05, 3.63) is 90.1 Å². The molecule has 0 radical (unpaired) electrons. The summed E-state index contributed by atoms with van der Waals surface area (Å²) in [5.41, 5.74) is 2.30. The molecule has 0 saturated heterocycles. The van der Waals surface area contributed by atoms with Crippen molar-refractivity contribution in [2.75, 3.05) is 6.54 Å². The quantitative estimate of drug-likeness (QED) is 0.748. The van der Waals surface area contributed by atoms with Gasteiger partial charge in [0.05, 0.1) is 12.3 Å². The Balaban J connectivity index is 1.69. The van der Waals surface area contributed by atoms with E-state index < -0.39 is 0 Å². The van der Waals surface area contributed by atoms with Crippen LogP contribution in [0.3, 0.4) is 0 Å². The Morgan fingerprint density at radius 2 is 1.81 bits per heavy atom. The third kappa shape index (κ3) is 3.58. The van der Waals surface area contributed by atoms with Gasteiger partial charge >= 0.3 is 0 Å². The van der Waals surface area contributed by atoms with Gasteiger partial charge in [0.2, 0.25) is 0 Å². The van der Waals surface area contributed by atoms with Gasteiger partial charge in [-0.1, -0.05) is 36.4 Å². The van der Waals surface area contributed by atoms with E-state index in [0.717, 1.165) is 24.4 Å². The highest BCUT2D eigenvalue weighted by molar-refractivity contribution is 5.26. The third-order valence-electron chi connectivity index (χ3n) is 3.42. The molecule has 1 aromatic carbocycles. The molecule has 0 aliphatic heterocycles. The van der Waals surface area contributed by atoms with Gasteiger partial charge in [-0.25, -0.2) is 0 Å². The predicted octanol–water partition coefficient (Wildman–Crippen LogP) is 3.60. The molecule has 0 bridgehead atoms. The summed E-state index contributed by atoms with van der Waals surface area (Å²) in [5, 5.41) is 3.55. The molecule has 3 nitrogen and oxygen atoms in total. The van der Waals surface area contributed by atoms with Crippen LogP contribution in [0.25, 0.3) is 0 Å². The molecule has 3 aromatic rings. The van der Waals surface area contributed by atoms with E-state index >= 15 is 0 Å². The van der Waals surface area contributed by atoms with Gasteiger partial charge in [-0.2, -0.15) is 0 Å². The fourth-order valence-corrected chi connectivity index (χ4v) is 2.37. The second-order valence-electron chi connectivity index (χ2n) is 4.88. The maximum absolute atomic E-state index is 5.57. The number of nitrogens with zero attached hydrogens (tertiary/aromatic N) is 1. The number of rotatable bonds is 6. The number of aromatic nitrogens is 1. The molecule has 2 heterocycles. The van der Waals surface area contributed by atoms with Crippen molar-refractivity contribution in [3.8, 4) is 0 Å². The first-order chi connectivity index (χ1) is 10.4. The fraction of sp³-hybridized carbons (Fsp3) is 0.167. The van der Waals surface area contributed by atoms with Crippen LogP contribution in [-0.2, 0) is 6.42 Å². The van der Waals surface area contributed by atoms with Crippen molar-refractivity contribution in [3.63, 3.8) is 0 Å². The Morgan fingerprint density at radius 3 is 2.52 bits per heavy atom. The van der Waals surface area contributed by atoms with Crippen molar-refractivity contribution >= 4 is 0 Å². The van der Waals surface area contributed by atoms with Crippen LogP contribution in [0, 0.1) is 0 Å². The zero-order valence-electron chi connectivity index (χ0n) is 11.8. The lowest BCUT2D eigenvalue weighted by Gasteiger charge is -2.17. The average molecular weight is 278 g/mol. The lowest BCUT2D eigenvalue weighted by molar-refractivity contribution is 0.447. The summed E-state index contributed by atoms with van der Waals surface area (Å²) in [4.78, 5) is 4.35. The maximum Gasteiger partial charge on any atom is 0.125 e. The standard InChI is InChI=1S/C18H18N2O/c1-2-7-15(8-3-1)18(17-10-6-14-21-17)20-13-11-16-9-4-5-12-19-16/h1-10,12,14,18,20H,11,13H2. The Kier molecular flexibility index (Phi) is 4.44. The minimum Gasteiger partial charge on any atom is -0.467 e. The normalized spacial score (nSPS) is 12.2. The predicted molar refractivity (Wildman–Crippen MR) is 82.9 cm³/mol. The monoisotopic (exact) mass is 278 g/mol. The molecular weight excluding hydrogens is 260 g/mol. The topological polar surface area (TPSA) is 38.1 Å². The van der Waals surface area contributed by atoms with E-state index in [1.54, 1.807) is 6.26 Å². The molecule has 0 aliphatic rings. The van der Waals surface area contributed by atoms with Crippen LogP contribution < -0.4 is 5.32 Å². The molecule has 3 rings (SSSR count). The number of pyridine rings is 1. The van der Waals surface area contributed by atoms with E-state index in [9.17, 15) is 0 Å². The lowest BCUT2D eigenvalue weighted by Crippen LogP contribution is -2.24. The van der Waals surface area contributed by atoms with Crippen LogP contribution in [0.1, 0.15) is 23.1 Å². The van der Waals surface area contributed by atoms with Gasteiger partial charge < -0.3 is 9.73 Å². The molecule has 0 fully saturated rings. The molecule has 1 unspecified atom stereocenters. The summed E-state index contributed by atoms with van der Waals surface area (Å²) in [7, 11) is 0. The van der Waals surface area contributed by atoms with Gasteiger partial charge in [0.1, 0.15) is 5.76 Å². The van der Waals surface area contributed by atoms with Crippen LogP contribution in [0.2, 0.25) is 0 Å². The highest BCUT2D eigenvalue weighted by Gasteiger charge is 2.15. The summed E-state index contributed by atoms with van der Waals surface area (Å²) in [5.74, 6) is 0.933. The van der Waals surface area contributed by atoms with Gasteiger partial charge in [-0.3, -0.25) is 4.98 Å².